The molecular weight excluding hydrogens is 582 g/mol. The number of methoxy groups -OCH3 is 3. The summed E-state index contributed by atoms with van der Waals surface area (Å²) in [6.07, 6.45) is 3.51. The molecule has 0 atom stereocenters. The minimum atomic E-state index is -0.382. The van der Waals surface area contributed by atoms with Crippen molar-refractivity contribution < 1.29 is 47.9 Å². The Morgan fingerprint density at radius 2 is 1.38 bits per heavy atom. The highest BCUT2D eigenvalue weighted by atomic mass is 16.5. The number of rotatable bonds is 24. The van der Waals surface area contributed by atoms with Gasteiger partial charge in [-0.3, -0.25) is 9.59 Å². The molecule has 0 aliphatic heterocycles. The molecule has 0 aliphatic rings. The Kier molecular flexibility index (Phi) is 17.4. The van der Waals surface area contributed by atoms with Crippen LogP contribution in [0.3, 0.4) is 0 Å². The van der Waals surface area contributed by atoms with E-state index in [1.807, 2.05) is 6.92 Å². The zero-order valence-electron chi connectivity index (χ0n) is 26.9. The first-order chi connectivity index (χ1) is 21.9. The SMILES string of the molecule is C=CCOc1cc(OCC=C)c(C(=O)c2ccc(OCCOC)c(OCCOC)c2)c(CC(=O)N(CCO)CCOC)c1CC. The summed E-state index contributed by atoms with van der Waals surface area (Å²) in [4.78, 5) is 29.7. The molecule has 0 saturated carbocycles. The van der Waals surface area contributed by atoms with Crippen molar-refractivity contribution in [3.63, 3.8) is 0 Å². The van der Waals surface area contributed by atoms with Crippen molar-refractivity contribution in [2.45, 2.75) is 19.8 Å². The van der Waals surface area contributed by atoms with Crippen molar-refractivity contribution >= 4 is 11.7 Å². The molecule has 11 heteroatoms. The van der Waals surface area contributed by atoms with Crippen LogP contribution in [0.25, 0.3) is 0 Å². The maximum Gasteiger partial charge on any atom is 0.227 e. The lowest BCUT2D eigenvalue weighted by atomic mass is 9.89. The van der Waals surface area contributed by atoms with Crippen LogP contribution in [0.2, 0.25) is 0 Å². The van der Waals surface area contributed by atoms with E-state index in [0.29, 0.717) is 60.2 Å². The van der Waals surface area contributed by atoms with Crippen LogP contribution in [0.4, 0.5) is 0 Å². The molecule has 0 heterocycles. The molecule has 0 radical (unpaired) electrons. The molecule has 0 spiro atoms. The Balaban J connectivity index is 2.76. The second-order valence-corrected chi connectivity index (χ2v) is 9.70. The van der Waals surface area contributed by atoms with Crippen LogP contribution in [0.5, 0.6) is 23.0 Å². The number of hydrogen-bond donors (Lipinski definition) is 1. The fraction of sp³-hybridized carbons (Fsp3) is 0.471. The van der Waals surface area contributed by atoms with Gasteiger partial charge >= 0.3 is 0 Å². The molecule has 1 amide bonds. The summed E-state index contributed by atoms with van der Waals surface area (Å²) in [5.41, 5.74) is 1.67. The Bertz CT molecular complexity index is 1250. The summed E-state index contributed by atoms with van der Waals surface area (Å²) in [5, 5.41) is 9.64. The first kappa shape index (κ1) is 37.3. The second kappa shape index (κ2) is 20.9. The smallest absolute Gasteiger partial charge is 0.227 e. The average Bonchev–Trinajstić information content (AvgIpc) is 3.04. The molecule has 2 aromatic rings. The summed E-state index contributed by atoms with van der Waals surface area (Å²) in [6, 6.07) is 6.58. The van der Waals surface area contributed by atoms with Gasteiger partial charge in [0.2, 0.25) is 5.91 Å². The molecule has 0 bridgehead atoms. The third-order valence-corrected chi connectivity index (χ3v) is 6.68. The molecule has 0 aromatic heterocycles. The van der Waals surface area contributed by atoms with E-state index in [-0.39, 0.29) is 75.5 Å². The number of carbonyl (C=O) groups is 2. The molecule has 11 nitrogen and oxygen atoms in total. The summed E-state index contributed by atoms with van der Waals surface area (Å²) < 4.78 is 39.2. The van der Waals surface area contributed by atoms with E-state index in [1.165, 1.54) is 4.90 Å². The van der Waals surface area contributed by atoms with Gasteiger partial charge in [0.25, 0.3) is 0 Å². The number of ketones is 1. The lowest BCUT2D eigenvalue weighted by Crippen LogP contribution is -2.37. The highest BCUT2D eigenvalue weighted by Crippen LogP contribution is 2.38. The van der Waals surface area contributed by atoms with Crippen molar-refractivity contribution in [2.75, 3.05) is 87.3 Å². The molecule has 2 rings (SSSR count). The van der Waals surface area contributed by atoms with Gasteiger partial charge in [-0.25, -0.2) is 0 Å². The van der Waals surface area contributed by atoms with Crippen molar-refractivity contribution in [3.05, 3.63) is 71.8 Å². The maximum atomic E-state index is 14.5. The fourth-order valence-corrected chi connectivity index (χ4v) is 4.54. The molecule has 2 aromatic carbocycles. The zero-order valence-corrected chi connectivity index (χ0v) is 26.9. The summed E-state index contributed by atoms with van der Waals surface area (Å²) in [5.74, 6) is 0.853. The van der Waals surface area contributed by atoms with Gasteiger partial charge in [0, 0.05) is 46.0 Å². The van der Waals surface area contributed by atoms with E-state index in [4.69, 9.17) is 33.2 Å². The van der Waals surface area contributed by atoms with Gasteiger partial charge in [-0.1, -0.05) is 32.2 Å². The van der Waals surface area contributed by atoms with E-state index in [1.54, 1.807) is 57.7 Å². The molecule has 0 fully saturated rings. The third-order valence-electron chi connectivity index (χ3n) is 6.68. The number of benzene rings is 2. The normalized spacial score (nSPS) is 10.7. The highest BCUT2D eigenvalue weighted by Gasteiger charge is 2.28. The predicted molar refractivity (Wildman–Crippen MR) is 171 cm³/mol. The van der Waals surface area contributed by atoms with Crippen LogP contribution in [-0.2, 0) is 31.8 Å². The maximum absolute atomic E-state index is 14.5. The number of aliphatic hydroxyl groups excluding tert-OH is 1. The summed E-state index contributed by atoms with van der Waals surface area (Å²) in [6.45, 7) is 11.4. The minimum Gasteiger partial charge on any atom is -0.489 e. The number of ether oxygens (including phenoxy) is 7. The van der Waals surface area contributed by atoms with Crippen molar-refractivity contribution in [2.24, 2.45) is 0 Å². The van der Waals surface area contributed by atoms with E-state index in [0.717, 1.165) is 0 Å². The molecule has 1 N–H and O–H groups in total. The molecule has 248 valence electrons. The molecule has 0 saturated heterocycles. The van der Waals surface area contributed by atoms with Gasteiger partial charge in [0.1, 0.15) is 37.9 Å². The largest absolute Gasteiger partial charge is 0.489 e. The number of amides is 1. The Morgan fingerprint density at radius 3 is 1.96 bits per heavy atom. The van der Waals surface area contributed by atoms with Crippen LogP contribution in [0, 0.1) is 0 Å². The van der Waals surface area contributed by atoms with Crippen LogP contribution < -0.4 is 18.9 Å². The Morgan fingerprint density at radius 1 is 0.756 bits per heavy atom. The van der Waals surface area contributed by atoms with Crippen molar-refractivity contribution in [3.8, 4) is 23.0 Å². The molecule has 0 unspecified atom stereocenters. The minimum absolute atomic E-state index is 0.113. The van der Waals surface area contributed by atoms with Gasteiger partial charge in [0.15, 0.2) is 17.3 Å². The number of aliphatic hydroxyl groups is 1. The van der Waals surface area contributed by atoms with Gasteiger partial charge in [-0.15, -0.1) is 0 Å². The van der Waals surface area contributed by atoms with E-state index in [2.05, 4.69) is 13.2 Å². The lowest BCUT2D eigenvalue weighted by Gasteiger charge is -2.25. The lowest BCUT2D eigenvalue weighted by molar-refractivity contribution is -0.131. The van der Waals surface area contributed by atoms with Crippen LogP contribution in [0.15, 0.2) is 49.6 Å². The Labute approximate surface area is 266 Å². The Hall–Kier alpha value is -3.90. The molecular formula is C34H47NO10. The highest BCUT2D eigenvalue weighted by molar-refractivity contribution is 6.13. The summed E-state index contributed by atoms with van der Waals surface area (Å²) >= 11 is 0. The first-order valence-corrected chi connectivity index (χ1v) is 14.9. The topological polar surface area (TPSA) is 122 Å². The zero-order chi connectivity index (χ0) is 33.0. The van der Waals surface area contributed by atoms with Gasteiger partial charge in [0.05, 0.1) is 38.4 Å². The van der Waals surface area contributed by atoms with Crippen LogP contribution >= 0.6 is 0 Å². The number of carbonyl (C=O) groups excluding carboxylic acids is 2. The number of hydrogen-bond acceptors (Lipinski definition) is 10. The third kappa shape index (κ3) is 11.2. The van der Waals surface area contributed by atoms with Gasteiger partial charge in [-0.2, -0.15) is 0 Å². The molecule has 45 heavy (non-hydrogen) atoms. The van der Waals surface area contributed by atoms with E-state index in [9.17, 15) is 14.7 Å². The molecule has 0 aliphatic carbocycles. The van der Waals surface area contributed by atoms with Gasteiger partial charge < -0.3 is 43.2 Å². The number of nitrogens with zero attached hydrogens (tertiary/aromatic N) is 1. The fourth-order valence-electron chi connectivity index (χ4n) is 4.54. The first-order valence-electron chi connectivity index (χ1n) is 14.9. The van der Waals surface area contributed by atoms with Gasteiger partial charge in [-0.05, 0) is 35.7 Å². The van der Waals surface area contributed by atoms with Crippen molar-refractivity contribution in [1.29, 1.82) is 0 Å². The van der Waals surface area contributed by atoms with E-state index < -0.39 is 0 Å². The quantitative estimate of drug-likeness (QED) is 0.105. The predicted octanol–water partition coefficient (Wildman–Crippen LogP) is 3.67. The van der Waals surface area contributed by atoms with Crippen LogP contribution in [0.1, 0.15) is 34.0 Å². The monoisotopic (exact) mass is 629 g/mol. The standard InChI is InChI=1S/C34H47NO10/c1-7-15-42-29-24-31(43-16-8-2)33(27(26(29)9-3)23-32(37)35(12-14-36)13-17-39-4)34(38)25-10-11-28(44-20-18-40-5)30(22-25)45-21-19-41-6/h7-8,10-11,22,24,36H,1-2,9,12-21,23H2,3-6H3. The van der Waals surface area contributed by atoms with E-state index >= 15 is 0 Å². The van der Waals surface area contributed by atoms with Crippen LogP contribution in [-0.4, -0.2) is 109 Å². The van der Waals surface area contributed by atoms with Crippen molar-refractivity contribution in [1.82, 2.24) is 4.90 Å². The summed E-state index contributed by atoms with van der Waals surface area (Å²) in [7, 11) is 4.68. The average molecular weight is 630 g/mol. The second-order valence-electron chi connectivity index (χ2n) is 9.70.